The van der Waals surface area contributed by atoms with Crippen molar-refractivity contribution in [3.8, 4) is 5.75 Å². The zero-order chi connectivity index (χ0) is 14.7. The van der Waals surface area contributed by atoms with Gasteiger partial charge in [-0.05, 0) is 24.6 Å². The molecule has 0 unspecified atom stereocenters. The van der Waals surface area contributed by atoms with E-state index in [-0.39, 0.29) is 10.7 Å². The maximum absolute atomic E-state index is 13.3. The molecule has 2 rings (SSSR count). The summed E-state index contributed by atoms with van der Waals surface area (Å²) in [5.41, 5.74) is 1.22. The zero-order valence-electron chi connectivity index (χ0n) is 11.1. The van der Waals surface area contributed by atoms with Gasteiger partial charge < -0.3 is 9.84 Å². The number of hydrogen-bond donors (Lipinski definition) is 1. The molecule has 0 bridgehead atoms. The van der Waals surface area contributed by atoms with E-state index in [1.807, 2.05) is 6.92 Å². The fourth-order valence-electron chi connectivity index (χ4n) is 1.93. The summed E-state index contributed by atoms with van der Waals surface area (Å²) >= 11 is 1.12. The number of ether oxygens (including phenoxy) is 1. The first-order valence-electron chi connectivity index (χ1n) is 6.09. The molecule has 0 radical (unpaired) electrons. The Morgan fingerprint density at radius 3 is 2.80 bits per heavy atom. The molecule has 2 aromatic rings. The third kappa shape index (κ3) is 2.96. The normalized spacial score (nSPS) is 10.6. The van der Waals surface area contributed by atoms with Crippen LogP contribution in [0.4, 0.5) is 4.39 Å². The predicted molar refractivity (Wildman–Crippen MR) is 74.2 cm³/mol. The van der Waals surface area contributed by atoms with Gasteiger partial charge in [0.1, 0.15) is 16.4 Å². The number of thiazole rings is 1. The number of rotatable bonds is 5. The second kappa shape index (κ2) is 6.00. The van der Waals surface area contributed by atoms with Crippen molar-refractivity contribution in [3.63, 3.8) is 0 Å². The highest BCUT2D eigenvalue weighted by Crippen LogP contribution is 2.26. The fourth-order valence-corrected chi connectivity index (χ4v) is 2.95. The SMILES string of the molecule is CCc1nc(Cc2cc(F)ccc2OC)sc1C(=O)O. The summed E-state index contributed by atoms with van der Waals surface area (Å²) in [6.45, 7) is 1.86. The van der Waals surface area contributed by atoms with Crippen LogP contribution in [0.1, 0.15) is 32.9 Å². The average Bonchev–Trinajstić information content (AvgIpc) is 2.82. The summed E-state index contributed by atoms with van der Waals surface area (Å²) in [6, 6.07) is 4.26. The Morgan fingerprint density at radius 1 is 1.50 bits per heavy atom. The number of aryl methyl sites for hydroxylation is 1. The van der Waals surface area contributed by atoms with E-state index >= 15 is 0 Å². The Labute approximate surface area is 119 Å². The van der Waals surface area contributed by atoms with Gasteiger partial charge >= 0.3 is 5.97 Å². The standard InChI is InChI=1S/C14H14FNO3S/c1-3-10-13(14(17)18)20-12(16-10)7-8-6-9(15)4-5-11(8)19-2/h4-6H,3,7H2,1-2H3,(H,17,18). The van der Waals surface area contributed by atoms with Crippen molar-refractivity contribution >= 4 is 17.3 Å². The Balaban J connectivity index is 2.35. The average molecular weight is 295 g/mol. The quantitative estimate of drug-likeness (QED) is 0.920. The molecule has 1 heterocycles. The van der Waals surface area contributed by atoms with Crippen LogP contribution in [0.2, 0.25) is 0 Å². The van der Waals surface area contributed by atoms with E-state index in [2.05, 4.69) is 4.98 Å². The summed E-state index contributed by atoms with van der Waals surface area (Å²) in [4.78, 5) is 15.7. The smallest absolute Gasteiger partial charge is 0.347 e. The molecule has 6 heteroatoms. The van der Waals surface area contributed by atoms with E-state index < -0.39 is 5.97 Å². The van der Waals surface area contributed by atoms with Gasteiger partial charge in [-0.1, -0.05) is 6.92 Å². The summed E-state index contributed by atoms with van der Waals surface area (Å²) in [5, 5.41) is 9.75. The molecule has 1 N–H and O–H groups in total. The Bertz CT molecular complexity index is 639. The second-order valence-corrected chi connectivity index (χ2v) is 5.26. The molecule has 0 aliphatic rings. The number of carboxylic acids is 1. The third-order valence-electron chi connectivity index (χ3n) is 2.85. The lowest BCUT2D eigenvalue weighted by atomic mass is 10.1. The monoisotopic (exact) mass is 295 g/mol. The molecule has 1 aromatic carbocycles. The third-order valence-corrected chi connectivity index (χ3v) is 3.94. The first-order valence-corrected chi connectivity index (χ1v) is 6.91. The van der Waals surface area contributed by atoms with Crippen LogP contribution in [0.15, 0.2) is 18.2 Å². The van der Waals surface area contributed by atoms with Gasteiger partial charge in [0.05, 0.1) is 17.8 Å². The molecule has 4 nitrogen and oxygen atoms in total. The molecule has 106 valence electrons. The van der Waals surface area contributed by atoms with Crippen molar-refractivity contribution in [2.24, 2.45) is 0 Å². The maximum Gasteiger partial charge on any atom is 0.347 e. The van der Waals surface area contributed by atoms with Gasteiger partial charge in [0, 0.05) is 12.0 Å². The van der Waals surface area contributed by atoms with Crippen LogP contribution < -0.4 is 4.74 Å². The van der Waals surface area contributed by atoms with E-state index in [1.165, 1.54) is 19.2 Å². The van der Waals surface area contributed by atoms with Gasteiger partial charge in [-0.2, -0.15) is 0 Å². The highest BCUT2D eigenvalue weighted by molar-refractivity contribution is 7.13. The zero-order valence-corrected chi connectivity index (χ0v) is 12.0. The minimum atomic E-state index is -0.975. The van der Waals surface area contributed by atoms with E-state index in [0.29, 0.717) is 34.9 Å². The van der Waals surface area contributed by atoms with Gasteiger partial charge in [-0.3, -0.25) is 0 Å². The van der Waals surface area contributed by atoms with Crippen molar-refractivity contribution in [3.05, 3.63) is 45.2 Å². The molecule has 0 spiro atoms. The molecule has 0 amide bonds. The molecule has 0 fully saturated rings. The van der Waals surface area contributed by atoms with Crippen LogP contribution in [-0.2, 0) is 12.8 Å². The van der Waals surface area contributed by atoms with Crippen LogP contribution in [0.25, 0.3) is 0 Å². The Hall–Kier alpha value is -1.95. The lowest BCUT2D eigenvalue weighted by molar-refractivity contribution is 0.0701. The Morgan fingerprint density at radius 2 is 2.25 bits per heavy atom. The summed E-state index contributed by atoms with van der Waals surface area (Å²) < 4.78 is 18.5. The Kier molecular flexibility index (Phi) is 4.34. The van der Waals surface area contributed by atoms with Crippen LogP contribution in [0.3, 0.4) is 0 Å². The van der Waals surface area contributed by atoms with Crippen molar-refractivity contribution in [1.82, 2.24) is 4.98 Å². The van der Waals surface area contributed by atoms with Gasteiger partial charge in [-0.25, -0.2) is 14.2 Å². The largest absolute Gasteiger partial charge is 0.496 e. The number of carboxylic acid groups (broad SMARTS) is 1. The van der Waals surface area contributed by atoms with E-state index in [0.717, 1.165) is 11.3 Å². The highest BCUT2D eigenvalue weighted by atomic mass is 32.1. The van der Waals surface area contributed by atoms with E-state index in [4.69, 9.17) is 9.84 Å². The second-order valence-electron chi connectivity index (χ2n) is 4.18. The fraction of sp³-hybridized carbons (Fsp3) is 0.286. The first kappa shape index (κ1) is 14.5. The van der Waals surface area contributed by atoms with Crippen molar-refractivity contribution in [1.29, 1.82) is 0 Å². The van der Waals surface area contributed by atoms with Crippen molar-refractivity contribution in [2.45, 2.75) is 19.8 Å². The molecule has 0 saturated carbocycles. The van der Waals surface area contributed by atoms with Crippen LogP contribution >= 0.6 is 11.3 Å². The number of methoxy groups -OCH3 is 1. The molecule has 0 aliphatic heterocycles. The number of nitrogens with zero attached hydrogens (tertiary/aromatic N) is 1. The van der Waals surface area contributed by atoms with E-state index in [1.54, 1.807) is 6.07 Å². The minimum absolute atomic E-state index is 0.248. The summed E-state index contributed by atoms with van der Waals surface area (Å²) in [7, 11) is 1.51. The lowest BCUT2D eigenvalue weighted by Crippen LogP contribution is -1.97. The minimum Gasteiger partial charge on any atom is -0.496 e. The number of aromatic carboxylic acids is 1. The molecule has 20 heavy (non-hydrogen) atoms. The van der Waals surface area contributed by atoms with Crippen molar-refractivity contribution < 1.29 is 19.0 Å². The number of benzene rings is 1. The molecular weight excluding hydrogens is 281 g/mol. The van der Waals surface area contributed by atoms with Gasteiger partial charge in [-0.15, -0.1) is 11.3 Å². The molecule has 0 aliphatic carbocycles. The molecule has 0 saturated heterocycles. The summed E-state index contributed by atoms with van der Waals surface area (Å²) in [5.74, 6) is -0.764. The highest BCUT2D eigenvalue weighted by Gasteiger charge is 2.17. The topological polar surface area (TPSA) is 59.4 Å². The maximum atomic E-state index is 13.3. The van der Waals surface area contributed by atoms with Crippen LogP contribution in [0.5, 0.6) is 5.75 Å². The number of hydrogen-bond acceptors (Lipinski definition) is 4. The first-order chi connectivity index (χ1) is 9.55. The predicted octanol–water partition coefficient (Wildman–Crippen LogP) is 3.14. The van der Waals surface area contributed by atoms with E-state index in [9.17, 15) is 9.18 Å². The molecule has 1 aromatic heterocycles. The number of carbonyl (C=O) groups is 1. The summed E-state index contributed by atoms with van der Waals surface area (Å²) in [6.07, 6.45) is 0.907. The van der Waals surface area contributed by atoms with Crippen molar-refractivity contribution in [2.75, 3.05) is 7.11 Å². The van der Waals surface area contributed by atoms with Gasteiger partial charge in [0.15, 0.2) is 0 Å². The van der Waals surface area contributed by atoms with Crippen LogP contribution in [0, 0.1) is 5.82 Å². The van der Waals surface area contributed by atoms with Crippen LogP contribution in [-0.4, -0.2) is 23.2 Å². The molecular formula is C14H14FNO3S. The molecule has 0 atom stereocenters. The number of halogens is 1. The lowest BCUT2D eigenvalue weighted by Gasteiger charge is -2.06. The number of aromatic nitrogens is 1. The van der Waals surface area contributed by atoms with Gasteiger partial charge in [0.25, 0.3) is 0 Å². The van der Waals surface area contributed by atoms with Gasteiger partial charge in [0.2, 0.25) is 0 Å².